The van der Waals surface area contributed by atoms with Crippen LogP contribution in [0.1, 0.15) is 50.6 Å². The maximum atomic E-state index is 5.50. The van der Waals surface area contributed by atoms with Crippen molar-refractivity contribution in [1.82, 2.24) is 14.9 Å². The Hall–Kier alpha value is -1.20. The van der Waals surface area contributed by atoms with Crippen LogP contribution in [0, 0.1) is 0 Å². The van der Waals surface area contributed by atoms with E-state index < -0.39 is 0 Å². The standard InChI is InChI=1S/C18H30N4O/c1-2-22(11-10-21-8-5-3-4-6-9-21)18-13-17(19-15-20-18)16-7-12-23-14-16/h13,15-16H,2-12,14H2,1H3. The maximum absolute atomic E-state index is 5.50. The van der Waals surface area contributed by atoms with Gasteiger partial charge in [-0.3, -0.25) is 0 Å². The van der Waals surface area contributed by atoms with Gasteiger partial charge in [0.05, 0.1) is 12.3 Å². The summed E-state index contributed by atoms with van der Waals surface area (Å²) >= 11 is 0. The molecule has 5 nitrogen and oxygen atoms in total. The Balaban J connectivity index is 1.59. The number of hydrogen-bond donors (Lipinski definition) is 0. The van der Waals surface area contributed by atoms with Crippen molar-refractivity contribution in [2.75, 3.05) is 50.8 Å². The molecule has 1 aromatic rings. The summed E-state index contributed by atoms with van der Waals surface area (Å²) in [7, 11) is 0. The Kier molecular flexibility index (Phi) is 6.22. The molecule has 23 heavy (non-hydrogen) atoms. The number of nitrogens with zero attached hydrogens (tertiary/aromatic N) is 4. The van der Waals surface area contributed by atoms with Crippen LogP contribution in [0.3, 0.4) is 0 Å². The van der Waals surface area contributed by atoms with Gasteiger partial charge in [-0.25, -0.2) is 9.97 Å². The van der Waals surface area contributed by atoms with Crippen molar-refractivity contribution >= 4 is 5.82 Å². The fraction of sp³-hybridized carbons (Fsp3) is 0.778. The molecular formula is C18H30N4O. The van der Waals surface area contributed by atoms with Crippen LogP contribution in [-0.2, 0) is 4.74 Å². The van der Waals surface area contributed by atoms with Gasteiger partial charge in [0.2, 0.25) is 0 Å². The lowest BCUT2D eigenvalue weighted by molar-refractivity contribution is 0.193. The summed E-state index contributed by atoms with van der Waals surface area (Å²) in [6, 6.07) is 2.17. The van der Waals surface area contributed by atoms with Crippen LogP contribution in [0.4, 0.5) is 5.82 Å². The van der Waals surface area contributed by atoms with E-state index in [0.717, 1.165) is 50.8 Å². The quantitative estimate of drug-likeness (QED) is 0.806. The number of likely N-dealkylation sites (tertiary alicyclic amines) is 1. The Bertz CT molecular complexity index is 468. The van der Waals surface area contributed by atoms with Gasteiger partial charge in [0, 0.05) is 38.2 Å². The number of hydrogen-bond acceptors (Lipinski definition) is 5. The van der Waals surface area contributed by atoms with Crippen LogP contribution in [0.15, 0.2) is 12.4 Å². The molecule has 3 heterocycles. The molecule has 0 bridgehead atoms. The third kappa shape index (κ3) is 4.64. The summed E-state index contributed by atoms with van der Waals surface area (Å²) in [6.45, 7) is 9.56. The summed E-state index contributed by atoms with van der Waals surface area (Å²) in [5.74, 6) is 1.51. The van der Waals surface area contributed by atoms with E-state index in [1.165, 1.54) is 38.8 Å². The minimum absolute atomic E-state index is 0.445. The highest BCUT2D eigenvalue weighted by Gasteiger charge is 2.20. The van der Waals surface area contributed by atoms with Crippen LogP contribution >= 0.6 is 0 Å². The Morgan fingerprint density at radius 2 is 2.04 bits per heavy atom. The molecule has 0 N–H and O–H groups in total. The van der Waals surface area contributed by atoms with Gasteiger partial charge in [-0.15, -0.1) is 0 Å². The number of anilines is 1. The maximum Gasteiger partial charge on any atom is 0.132 e. The molecule has 2 aliphatic heterocycles. The molecule has 0 aliphatic carbocycles. The normalized spacial score (nSPS) is 22.9. The monoisotopic (exact) mass is 318 g/mol. The molecule has 0 spiro atoms. The van der Waals surface area contributed by atoms with Gasteiger partial charge in [0.15, 0.2) is 0 Å². The number of aromatic nitrogens is 2. The van der Waals surface area contributed by atoms with Crippen molar-refractivity contribution in [3.63, 3.8) is 0 Å². The average Bonchev–Trinajstić information content (AvgIpc) is 3.01. The van der Waals surface area contributed by atoms with Crippen molar-refractivity contribution in [3.8, 4) is 0 Å². The molecule has 3 rings (SSSR count). The Labute approximate surface area is 140 Å². The summed E-state index contributed by atoms with van der Waals surface area (Å²) in [5, 5.41) is 0. The van der Waals surface area contributed by atoms with E-state index in [1.807, 2.05) is 0 Å². The molecule has 2 fully saturated rings. The molecule has 0 amide bonds. The molecule has 0 radical (unpaired) electrons. The number of rotatable bonds is 6. The van der Waals surface area contributed by atoms with Crippen LogP contribution in [0.2, 0.25) is 0 Å². The van der Waals surface area contributed by atoms with Gasteiger partial charge in [-0.05, 0) is 39.3 Å². The van der Waals surface area contributed by atoms with E-state index in [4.69, 9.17) is 4.74 Å². The second-order valence-electron chi connectivity index (χ2n) is 6.70. The summed E-state index contributed by atoms with van der Waals surface area (Å²) < 4.78 is 5.50. The molecule has 1 unspecified atom stereocenters. The Morgan fingerprint density at radius 1 is 1.22 bits per heavy atom. The topological polar surface area (TPSA) is 41.5 Å². The van der Waals surface area contributed by atoms with E-state index in [0.29, 0.717) is 5.92 Å². The van der Waals surface area contributed by atoms with Crippen molar-refractivity contribution in [1.29, 1.82) is 0 Å². The predicted octanol–water partition coefficient (Wildman–Crippen LogP) is 2.68. The van der Waals surface area contributed by atoms with Crippen LogP contribution < -0.4 is 4.90 Å². The molecule has 2 aliphatic rings. The second kappa shape index (κ2) is 8.60. The van der Waals surface area contributed by atoms with E-state index in [1.54, 1.807) is 6.33 Å². The van der Waals surface area contributed by atoms with Gasteiger partial charge in [-0.1, -0.05) is 12.8 Å². The van der Waals surface area contributed by atoms with Gasteiger partial charge >= 0.3 is 0 Å². The average molecular weight is 318 g/mol. The van der Waals surface area contributed by atoms with Crippen LogP contribution in [-0.4, -0.2) is 60.8 Å². The van der Waals surface area contributed by atoms with Crippen molar-refractivity contribution in [3.05, 3.63) is 18.1 Å². The SMILES string of the molecule is CCN(CCN1CCCCCC1)c1cc(C2CCOC2)ncn1. The molecule has 1 atom stereocenters. The zero-order chi connectivity index (χ0) is 15.9. The fourth-order valence-electron chi connectivity index (χ4n) is 3.58. The third-order valence-corrected chi connectivity index (χ3v) is 5.11. The highest BCUT2D eigenvalue weighted by atomic mass is 16.5. The molecule has 1 aromatic heterocycles. The first-order valence-electron chi connectivity index (χ1n) is 9.24. The minimum atomic E-state index is 0.445. The first-order valence-corrected chi connectivity index (χ1v) is 9.24. The number of ether oxygens (including phenoxy) is 1. The van der Waals surface area contributed by atoms with E-state index in [-0.39, 0.29) is 0 Å². The highest BCUT2D eigenvalue weighted by molar-refractivity contribution is 5.39. The first-order chi connectivity index (χ1) is 11.4. The summed E-state index contributed by atoms with van der Waals surface area (Å²) in [4.78, 5) is 14.0. The van der Waals surface area contributed by atoms with Gasteiger partial charge in [0.1, 0.15) is 12.1 Å². The predicted molar refractivity (Wildman–Crippen MR) is 93.0 cm³/mol. The number of likely N-dealkylation sites (N-methyl/N-ethyl adjacent to an activating group) is 1. The second-order valence-corrected chi connectivity index (χ2v) is 6.70. The molecule has 0 saturated carbocycles. The van der Waals surface area contributed by atoms with E-state index in [9.17, 15) is 0 Å². The lowest BCUT2D eigenvalue weighted by atomic mass is 10.0. The largest absolute Gasteiger partial charge is 0.381 e. The fourth-order valence-corrected chi connectivity index (χ4v) is 3.58. The lowest BCUT2D eigenvalue weighted by Crippen LogP contribution is -2.36. The smallest absolute Gasteiger partial charge is 0.132 e. The van der Waals surface area contributed by atoms with E-state index >= 15 is 0 Å². The van der Waals surface area contributed by atoms with E-state index in [2.05, 4.69) is 32.8 Å². The molecule has 0 aromatic carbocycles. The van der Waals surface area contributed by atoms with Crippen molar-refractivity contribution in [2.45, 2.75) is 44.9 Å². The van der Waals surface area contributed by atoms with Gasteiger partial charge < -0.3 is 14.5 Å². The van der Waals surface area contributed by atoms with Gasteiger partial charge in [0.25, 0.3) is 0 Å². The third-order valence-electron chi connectivity index (χ3n) is 5.11. The zero-order valence-electron chi connectivity index (χ0n) is 14.4. The molecule has 128 valence electrons. The zero-order valence-corrected chi connectivity index (χ0v) is 14.4. The molecular weight excluding hydrogens is 288 g/mol. The molecule has 2 saturated heterocycles. The van der Waals surface area contributed by atoms with Gasteiger partial charge in [-0.2, -0.15) is 0 Å². The highest BCUT2D eigenvalue weighted by Crippen LogP contribution is 2.25. The van der Waals surface area contributed by atoms with Crippen LogP contribution in [0.5, 0.6) is 0 Å². The minimum Gasteiger partial charge on any atom is -0.381 e. The van der Waals surface area contributed by atoms with Crippen LogP contribution in [0.25, 0.3) is 0 Å². The lowest BCUT2D eigenvalue weighted by Gasteiger charge is -2.27. The molecule has 5 heteroatoms. The first kappa shape index (κ1) is 16.7. The summed E-state index contributed by atoms with van der Waals surface area (Å²) in [6.07, 6.45) is 8.30. The summed E-state index contributed by atoms with van der Waals surface area (Å²) in [5.41, 5.74) is 1.14. The Morgan fingerprint density at radius 3 is 2.74 bits per heavy atom. The van der Waals surface area contributed by atoms with Crippen molar-refractivity contribution in [2.24, 2.45) is 0 Å². The van der Waals surface area contributed by atoms with Crippen molar-refractivity contribution < 1.29 is 4.74 Å².